The van der Waals surface area contributed by atoms with Crippen molar-refractivity contribution in [2.75, 3.05) is 0 Å². The van der Waals surface area contributed by atoms with Crippen molar-refractivity contribution in [1.82, 2.24) is 0 Å². The second kappa shape index (κ2) is 4.39. The number of benzene rings is 2. The minimum absolute atomic E-state index is 0.240. The van der Waals surface area contributed by atoms with Crippen LogP contribution in [0, 0.1) is 0 Å². The SMILES string of the molecule is C=C(Cc1cccc2c1Cc1ccccc1-2)C(=O)O. The third kappa shape index (κ3) is 1.95. The van der Waals surface area contributed by atoms with Gasteiger partial charge in [-0.2, -0.15) is 0 Å². The Morgan fingerprint density at radius 2 is 1.84 bits per heavy atom. The molecule has 0 spiro atoms. The zero-order chi connectivity index (χ0) is 13.4. The number of carboxylic acids is 1. The van der Waals surface area contributed by atoms with Crippen LogP contribution in [0.5, 0.6) is 0 Å². The molecule has 1 aliphatic rings. The molecule has 0 fully saturated rings. The number of hydrogen-bond donors (Lipinski definition) is 1. The molecule has 19 heavy (non-hydrogen) atoms. The van der Waals surface area contributed by atoms with E-state index >= 15 is 0 Å². The van der Waals surface area contributed by atoms with E-state index in [4.69, 9.17) is 5.11 Å². The average molecular weight is 250 g/mol. The molecule has 0 aromatic heterocycles. The first-order chi connectivity index (χ1) is 9.16. The van der Waals surface area contributed by atoms with Crippen LogP contribution in [0.15, 0.2) is 54.6 Å². The molecular weight excluding hydrogens is 236 g/mol. The van der Waals surface area contributed by atoms with Crippen molar-refractivity contribution in [2.24, 2.45) is 0 Å². The Hall–Kier alpha value is -2.35. The van der Waals surface area contributed by atoms with Gasteiger partial charge in [0.1, 0.15) is 0 Å². The van der Waals surface area contributed by atoms with Crippen molar-refractivity contribution in [3.63, 3.8) is 0 Å². The molecule has 1 aliphatic carbocycles. The van der Waals surface area contributed by atoms with Crippen molar-refractivity contribution in [2.45, 2.75) is 12.8 Å². The maximum Gasteiger partial charge on any atom is 0.331 e. The molecule has 0 saturated carbocycles. The van der Waals surface area contributed by atoms with Gasteiger partial charge in [-0.25, -0.2) is 4.79 Å². The summed E-state index contributed by atoms with van der Waals surface area (Å²) in [6.45, 7) is 3.62. The Bertz CT molecular complexity index is 683. The normalized spacial score (nSPS) is 11.8. The maximum atomic E-state index is 10.9. The van der Waals surface area contributed by atoms with E-state index in [1.807, 2.05) is 24.3 Å². The minimum atomic E-state index is -0.923. The molecular formula is C17H14O2. The van der Waals surface area contributed by atoms with Crippen LogP contribution in [-0.2, 0) is 17.6 Å². The highest BCUT2D eigenvalue weighted by Crippen LogP contribution is 2.38. The molecule has 0 bridgehead atoms. The third-order valence-corrected chi connectivity index (χ3v) is 3.65. The van der Waals surface area contributed by atoms with Crippen LogP contribution >= 0.6 is 0 Å². The molecule has 0 radical (unpaired) electrons. The first kappa shape index (κ1) is 11.7. The Balaban J connectivity index is 2.04. The molecule has 94 valence electrons. The van der Waals surface area contributed by atoms with Gasteiger partial charge in [-0.05, 0) is 34.2 Å². The van der Waals surface area contributed by atoms with Crippen LogP contribution in [0.1, 0.15) is 16.7 Å². The van der Waals surface area contributed by atoms with Crippen LogP contribution in [0.2, 0.25) is 0 Å². The maximum absolute atomic E-state index is 10.9. The monoisotopic (exact) mass is 250 g/mol. The number of aliphatic carboxylic acids is 1. The molecule has 3 rings (SSSR count). The van der Waals surface area contributed by atoms with E-state index in [9.17, 15) is 4.79 Å². The van der Waals surface area contributed by atoms with Gasteiger partial charge in [0.05, 0.1) is 0 Å². The van der Waals surface area contributed by atoms with Gasteiger partial charge in [-0.15, -0.1) is 0 Å². The highest BCUT2D eigenvalue weighted by atomic mass is 16.4. The molecule has 0 heterocycles. The summed E-state index contributed by atoms with van der Waals surface area (Å²) >= 11 is 0. The van der Waals surface area contributed by atoms with Crippen molar-refractivity contribution in [3.05, 3.63) is 71.3 Å². The van der Waals surface area contributed by atoms with Crippen molar-refractivity contribution >= 4 is 5.97 Å². The zero-order valence-electron chi connectivity index (χ0n) is 10.5. The largest absolute Gasteiger partial charge is 0.478 e. The Morgan fingerprint density at radius 1 is 1.11 bits per heavy atom. The Kier molecular flexibility index (Phi) is 2.71. The second-order valence-corrected chi connectivity index (χ2v) is 4.86. The van der Waals surface area contributed by atoms with Gasteiger partial charge in [0.2, 0.25) is 0 Å². The summed E-state index contributed by atoms with van der Waals surface area (Å²) in [5, 5.41) is 8.97. The zero-order valence-corrected chi connectivity index (χ0v) is 10.5. The molecule has 0 amide bonds. The van der Waals surface area contributed by atoms with Gasteiger partial charge in [0.25, 0.3) is 0 Å². The van der Waals surface area contributed by atoms with E-state index in [0.717, 1.165) is 12.0 Å². The lowest BCUT2D eigenvalue weighted by molar-refractivity contribution is -0.132. The summed E-state index contributed by atoms with van der Waals surface area (Å²) in [5.74, 6) is -0.923. The van der Waals surface area contributed by atoms with Crippen LogP contribution in [0.25, 0.3) is 11.1 Å². The minimum Gasteiger partial charge on any atom is -0.478 e. The van der Waals surface area contributed by atoms with Gasteiger partial charge in [-0.3, -0.25) is 0 Å². The average Bonchev–Trinajstić information content (AvgIpc) is 2.78. The number of carbonyl (C=O) groups is 1. The van der Waals surface area contributed by atoms with Crippen LogP contribution in [0.4, 0.5) is 0 Å². The lowest BCUT2D eigenvalue weighted by Gasteiger charge is -2.08. The molecule has 2 nitrogen and oxygen atoms in total. The number of fused-ring (bicyclic) bond motifs is 3. The molecule has 2 aromatic rings. The molecule has 0 saturated heterocycles. The highest BCUT2D eigenvalue weighted by Gasteiger charge is 2.21. The molecule has 2 aromatic carbocycles. The predicted octanol–water partition coefficient (Wildman–Crippen LogP) is 3.44. The van der Waals surface area contributed by atoms with Gasteiger partial charge in [-0.1, -0.05) is 49.0 Å². The van der Waals surface area contributed by atoms with E-state index in [1.54, 1.807) is 0 Å². The smallest absolute Gasteiger partial charge is 0.331 e. The predicted molar refractivity (Wildman–Crippen MR) is 75.2 cm³/mol. The highest BCUT2D eigenvalue weighted by molar-refractivity contribution is 5.87. The first-order valence-electron chi connectivity index (χ1n) is 6.27. The van der Waals surface area contributed by atoms with E-state index in [2.05, 4.69) is 24.8 Å². The van der Waals surface area contributed by atoms with E-state index < -0.39 is 5.97 Å². The molecule has 1 N–H and O–H groups in total. The van der Waals surface area contributed by atoms with Gasteiger partial charge in [0, 0.05) is 12.0 Å². The Morgan fingerprint density at radius 3 is 2.63 bits per heavy atom. The molecule has 0 aliphatic heterocycles. The lowest BCUT2D eigenvalue weighted by atomic mass is 9.96. The third-order valence-electron chi connectivity index (χ3n) is 3.65. The van der Waals surface area contributed by atoms with Gasteiger partial charge < -0.3 is 5.11 Å². The van der Waals surface area contributed by atoms with Crippen LogP contribution in [-0.4, -0.2) is 11.1 Å². The van der Waals surface area contributed by atoms with Gasteiger partial charge >= 0.3 is 5.97 Å². The lowest BCUT2D eigenvalue weighted by Crippen LogP contribution is -2.04. The van der Waals surface area contributed by atoms with E-state index in [0.29, 0.717) is 6.42 Å². The number of hydrogen-bond acceptors (Lipinski definition) is 1. The fourth-order valence-electron chi connectivity index (χ4n) is 2.69. The quantitative estimate of drug-likeness (QED) is 0.723. The summed E-state index contributed by atoms with van der Waals surface area (Å²) in [5.41, 5.74) is 6.36. The summed E-state index contributed by atoms with van der Waals surface area (Å²) in [4.78, 5) is 10.9. The van der Waals surface area contributed by atoms with E-state index in [1.165, 1.54) is 22.3 Å². The number of carboxylic acid groups (broad SMARTS) is 1. The van der Waals surface area contributed by atoms with Crippen molar-refractivity contribution in [3.8, 4) is 11.1 Å². The van der Waals surface area contributed by atoms with Crippen LogP contribution in [0.3, 0.4) is 0 Å². The van der Waals surface area contributed by atoms with E-state index in [-0.39, 0.29) is 5.57 Å². The van der Waals surface area contributed by atoms with Crippen molar-refractivity contribution < 1.29 is 9.90 Å². The summed E-state index contributed by atoms with van der Waals surface area (Å²) in [7, 11) is 0. The van der Waals surface area contributed by atoms with Crippen LogP contribution < -0.4 is 0 Å². The fourth-order valence-corrected chi connectivity index (χ4v) is 2.69. The summed E-state index contributed by atoms with van der Waals surface area (Å²) in [6, 6.07) is 14.4. The number of rotatable bonds is 3. The molecule has 0 unspecified atom stereocenters. The standard InChI is InChI=1S/C17H14O2/c1-11(17(18)19)9-12-6-4-8-15-14-7-3-2-5-13(14)10-16(12)15/h2-8H,1,9-10H2,(H,18,19). The summed E-state index contributed by atoms with van der Waals surface area (Å²) < 4.78 is 0. The summed E-state index contributed by atoms with van der Waals surface area (Å²) in [6.07, 6.45) is 1.29. The van der Waals surface area contributed by atoms with Gasteiger partial charge in [0.15, 0.2) is 0 Å². The first-order valence-corrected chi connectivity index (χ1v) is 6.27. The Labute approximate surface area is 112 Å². The molecule has 2 heteroatoms. The topological polar surface area (TPSA) is 37.3 Å². The van der Waals surface area contributed by atoms with Crippen molar-refractivity contribution in [1.29, 1.82) is 0 Å². The molecule has 0 atom stereocenters. The fraction of sp³-hybridized carbons (Fsp3) is 0.118. The second-order valence-electron chi connectivity index (χ2n) is 4.86.